The Bertz CT molecular complexity index is 1320. The van der Waals surface area contributed by atoms with E-state index in [0.717, 1.165) is 45.6 Å². The van der Waals surface area contributed by atoms with Gasteiger partial charge in [0, 0.05) is 11.5 Å². The Kier molecular flexibility index (Phi) is 7.73. The van der Waals surface area contributed by atoms with Gasteiger partial charge in [-0.2, -0.15) is 0 Å². The summed E-state index contributed by atoms with van der Waals surface area (Å²) in [5, 5.41) is 0. The lowest BCUT2D eigenvalue weighted by Gasteiger charge is -2.21. The van der Waals surface area contributed by atoms with Crippen LogP contribution in [-0.4, -0.2) is 6.29 Å². The fraction of sp³-hybridized carbons (Fsp3) is 0.0882. The van der Waals surface area contributed by atoms with E-state index in [0.29, 0.717) is 18.8 Å². The lowest BCUT2D eigenvalue weighted by atomic mass is 9.83. The van der Waals surface area contributed by atoms with Crippen molar-refractivity contribution in [3.63, 3.8) is 0 Å². The van der Waals surface area contributed by atoms with Gasteiger partial charge in [0.15, 0.2) is 0 Å². The van der Waals surface area contributed by atoms with Crippen LogP contribution in [0.5, 0.6) is 11.5 Å². The molecule has 5 rings (SSSR count). The molecular weight excluding hydrogens is 456 g/mol. The molecule has 5 aromatic rings. The van der Waals surface area contributed by atoms with Crippen LogP contribution >= 0.6 is 0 Å². The maximum absolute atomic E-state index is 11.9. The van der Waals surface area contributed by atoms with Crippen LogP contribution in [0.4, 0.5) is 0 Å². The summed E-state index contributed by atoms with van der Waals surface area (Å²) in [5.74, 6) is 1.51. The minimum atomic E-state index is -0.104. The standard InChI is InChI=1S/C34H28O3/c35-23-30-13-7-8-14-33(30)34(28-15-19-31(20-16-28)36-24-26-9-3-1-4-10-26)29-17-21-32(22-18-29)37-25-27-11-5-2-6-12-27/h1-23,34H,24-25H2. The zero-order valence-electron chi connectivity index (χ0n) is 20.5. The summed E-state index contributed by atoms with van der Waals surface area (Å²) in [6, 6.07) is 44.3. The van der Waals surface area contributed by atoms with E-state index in [9.17, 15) is 4.79 Å². The predicted octanol–water partition coefficient (Wildman–Crippen LogP) is 7.84. The first-order valence-corrected chi connectivity index (χ1v) is 12.4. The highest BCUT2D eigenvalue weighted by atomic mass is 16.5. The number of ether oxygens (including phenoxy) is 2. The number of hydrogen-bond donors (Lipinski definition) is 0. The van der Waals surface area contributed by atoms with Crippen molar-refractivity contribution >= 4 is 6.29 Å². The highest BCUT2D eigenvalue weighted by Gasteiger charge is 2.20. The van der Waals surface area contributed by atoms with E-state index in [1.807, 2.05) is 109 Å². The van der Waals surface area contributed by atoms with E-state index >= 15 is 0 Å². The smallest absolute Gasteiger partial charge is 0.150 e. The molecule has 3 heteroatoms. The third-order valence-corrected chi connectivity index (χ3v) is 6.36. The number of carbonyl (C=O) groups excluding carboxylic acids is 1. The molecule has 0 bridgehead atoms. The molecule has 0 heterocycles. The zero-order valence-corrected chi connectivity index (χ0v) is 20.5. The molecular formula is C34H28O3. The molecule has 0 spiro atoms. The van der Waals surface area contributed by atoms with Gasteiger partial charge in [-0.05, 0) is 52.1 Å². The molecule has 37 heavy (non-hydrogen) atoms. The molecule has 3 nitrogen and oxygen atoms in total. The molecule has 0 aliphatic heterocycles. The molecule has 0 fully saturated rings. The summed E-state index contributed by atoms with van der Waals surface area (Å²) in [6.07, 6.45) is 0.928. The largest absolute Gasteiger partial charge is 0.489 e. The van der Waals surface area contributed by atoms with Crippen LogP contribution in [0.25, 0.3) is 0 Å². The number of rotatable bonds is 10. The van der Waals surface area contributed by atoms with Crippen molar-refractivity contribution in [2.24, 2.45) is 0 Å². The topological polar surface area (TPSA) is 35.5 Å². The quantitative estimate of drug-likeness (QED) is 0.150. The first kappa shape index (κ1) is 24.1. The summed E-state index contributed by atoms with van der Waals surface area (Å²) in [4.78, 5) is 11.9. The van der Waals surface area contributed by atoms with E-state index in [-0.39, 0.29) is 5.92 Å². The monoisotopic (exact) mass is 484 g/mol. The van der Waals surface area contributed by atoms with Crippen LogP contribution < -0.4 is 9.47 Å². The molecule has 5 aromatic carbocycles. The first-order chi connectivity index (χ1) is 18.3. The van der Waals surface area contributed by atoms with Crippen molar-refractivity contribution < 1.29 is 14.3 Å². The summed E-state index contributed by atoms with van der Waals surface area (Å²) in [5.41, 5.74) is 6.06. The molecule has 0 N–H and O–H groups in total. The molecule has 0 aromatic heterocycles. The normalized spacial score (nSPS) is 10.7. The molecule has 0 atom stereocenters. The van der Waals surface area contributed by atoms with Gasteiger partial charge in [-0.1, -0.05) is 109 Å². The van der Waals surface area contributed by atoms with Gasteiger partial charge in [-0.15, -0.1) is 0 Å². The SMILES string of the molecule is O=Cc1ccccc1C(c1ccc(OCc2ccccc2)cc1)c1ccc(OCc2ccccc2)cc1. The average Bonchev–Trinajstić information content (AvgIpc) is 2.98. The summed E-state index contributed by atoms with van der Waals surface area (Å²) in [6.45, 7) is 1.03. The van der Waals surface area contributed by atoms with Crippen molar-refractivity contribution in [3.8, 4) is 11.5 Å². The summed E-state index contributed by atoms with van der Waals surface area (Å²) < 4.78 is 12.0. The van der Waals surface area contributed by atoms with Crippen molar-refractivity contribution in [1.29, 1.82) is 0 Å². The highest BCUT2D eigenvalue weighted by molar-refractivity contribution is 5.78. The first-order valence-electron chi connectivity index (χ1n) is 12.4. The Morgan fingerprint density at radius 2 is 0.946 bits per heavy atom. The molecule has 0 radical (unpaired) electrons. The lowest BCUT2D eigenvalue weighted by Crippen LogP contribution is -2.07. The van der Waals surface area contributed by atoms with Gasteiger partial charge in [0.05, 0.1) is 0 Å². The number of aldehydes is 1. The van der Waals surface area contributed by atoms with Gasteiger partial charge < -0.3 is 9.47 Å². The Balaban J connectivity index is 1.39. The lowest BCUT2D eigenvalue weighted by molar-refractivity contribution is 0.112. The molecule has 0 unspecified atom stereocenters. The van der Waals surface area contributed by atoms with Gasteiger partial charge in [0.2, 0.25) is 0 Å². The number of benzene rings is 5. The second kappa shape index (κ2) is 11.9. The maximum atomic E-state index is 11.9. The Hall–Kier alpha value is -4.63. The molecule has 0 aliphatic rings. The zero-order chi connectivity index (χ0) is 25.3. The van der Waals surface area contributed by atoms with Crippen LogP contribution in [0.2, 0.25) is 0 Å². The number of carbonyl (C=O) groups is 1. The Morgan fingerprint density at radius 1 is 0.514 bits per heavy atom. The van der Waals surface area contributed by atoms with Crippen LogP contribution in [0, 0.1) is 0 Å². The van der Waals surface area contributed by atoms with Crippen molar-refractivity contribution in [2.45, 2.75) is 19.1 Å². The van der Waals surface area contributed by atoms with Crippen LogP contribution in [0.1, 0.15) is 44.1 Å². The average molecular weight is 485 g/mol. The molecule has 0 saturated heterocycles. The molecule has 0 aliphatic carbocycles. The highest BCUT2D eigenvalue weighted by Crippen LogP contribution is 2.35. The van der Waals surface area contributed by atoms with E-state index in [4.69, 9.17) is 9.47 Å². The van der Waals surface area contributed by atoms with Crippen molar-refractivity contribution in [3.05, 3.63) is 167 Å². The fourth-order valence-electron chi connectivity index (χ4n) is 4.43. The van der Waals surface area contributed by atoms with Gasteiger partial charge in [-0.3, -0.25) is 4.79 Å². The summed E-state index contributed by atoms with van der Waals surface area (Å²) >= 11 is 0. The number of hydrogen-bond acceptors (Lipinski definition) is 3. The molecule has 182 valence electrons. The maximum Gasteiger partial charge on any atom is 0.150 e. The van der Waals surface area contributed by atoms with E-state index in [2.05, 4.69) is 24.3 Å². The second-order valence-corrected chi connectivity index (χ2v) is 8.87. The Labute approximate surface area is 218 Å². The minimum absolute atomic E-state index is 0.104. The van der Waals surface area contributed by atoms with E-state index in [1.165, 1.54) is 0 Å². The minimum Gasteiger partial charge on any atom is -0.489 e. The summed E-state index contributed by atoms with van der Waals surface area (Å²) in [7, 11) is 0. The van der Waals surface area contributed by atoms with Gasteiger partial charge in [0.25, 0.3) is 0 Å². The van der Waals surface area contributed by atoms with Crippen molar-refractivity contribution in [2.75, 3.05) is 0 Å². The van der Waals surface area contributed by atoms with Gasteiger partial charge in [-0.25, -0.2) is 0 Å². The van der Waals surface area contributed by atoms with Crippen LogP contribution in [0.3, 0.4) is 0 Å². The fourth-order valence-corrected chi connectivity index (χ4v) is 4.43. The van der Waals surface area contributed by atoms with Gasteiger partial charge >= 0.3 is 0 Å². The van der Waals surface area contributed by atoms with Crippen molar-refractivity contribution in [1.82, 2.24) is 0 Å². The molecule has 0 saturated carbocycles. The third-order valence-electron chi connectivity index (χ3n) is 6.36. The third kappa shape index (κ3) is 6.14. The van der Waals surface area contributed by atoms with E-state index < -0.39 is 0 Å². The van der Waals surface area contributed by atoms with E-state index in [1.54, 1.807) is 0 Å². The van der Waals surface area contributed by atoms with Crippen LogP contribution in [-0.2, 0) is 13.2 Å². The second-order valence-electron chi connectivity index (χ2n) is 8.87. The van der Waals surface area contributed by atoms with Gasteiger partial charge in [0.1, 0.15) is 31.0 Å². The Morgan fingerprint density at radius 3 is 1.41 bits per heavy atom. The molecule has 0 amide bonds. The predicted molar refractivity (Wildman–Crippen MR) is 147 cm³/mol. The van der Waals surface area contributed by atoms with Crippen LogP contribution in [0.15, 0.2) is 133 Å².